The average Bonchev–Trinajstić information content (AvgIpc) is 3.25. The van der Waals surface area contributed by atoms with E-state index in [0.29, 0.717) is 59.0 Å². The summed E-state index contributed by atoms with van der Waals surface area (Å²) in [5.41, 5.74) is 0.287. The van der Waals surface area contributed by atoms with Gasteiger partial charge in [0.25, 0.3) is 0 Å². The third-order valence-electron chi connectivity index (χ3n) is 5.84. The third-order valence-corrected chi connectivity index (χ3v) is 6.42. The molecule has 10 nitrogen and oxygen atoms in total. The van der Waals surface area contributed by atoms with Crippen LogP contribution in [0, 0.1) is 0 Å². The van der Waals surface area contributed by atoms with Gasteiger partial charge in [-0.05, 0) is 17.7 Å². The zero-order valence-electron chi connectivity index (χ0n) is 19.2. The van der Waals surface area contributed by atoms with Crippen LogP contribution in [0.3, 0.4) is 0 Å². The number of carbonyl (C=O) groups is 1. The van der Waals surface area contributed by atoms with Gasteiger partial charge < -0.3 is 14.5 Å². The predicted molar refractivity (Wildman–Crippen MR) is 123 cm³/mol. The van der Waals surface area contributed by atoms with Crippen molar-refractivity contribution in [1.82, 2.24) is 19.6 Å². The number of hydrogen-bond acceptors (Lipinski definition) is 7. The molecule has 2 saturated heterocycles. The lowest BCUT2D eigenvalue weighted by Gasteiger charge is -2.35. The maximum Gasteiger partial charge on any atom is 0.418 e. The zero-order valence-corrected chi connectivity index (χ0v) is 20.0. The number of ether oxygens (including phenoxy) is 1. The van der Waals surface area contributed by atoms with Crippen LogP contribution in [0.5, 0.6) is 0 Å². The van der Waals surface area contributed by atoms with Crippen LogP contribution >= 0.6 is 0 Å². The van der Waals surface area contributed by atoms with E-state index in [4.69, 9.17) is 4.74 Å². The summed E-state index contributed by atoms with van der Waals surface area (Å²) in [6.07, 6.45) is -2.06. The van der Waals surface area contributed by atoms with Crippen LogP contribution < -0.4 is 9.62 Å². The Morgan fingerprint density at radius 2 is 1.77 bits per heavy atom. The van der Waals surface area contributed by atoms with Gasteiger partial charge in [0.05, 0.1) is 25.0 Å². The Balaban J connectivity index is 1.38. The minimum absolute atomic E-state index is 0.0536. The first-order valence-corrected chi connectivity index (χ1v) is 13.0. The van der Waals surface area contributed by atoms with Crippen molar-refractivity contribution in [3.05, 3.63) is 41.6 Å². The van der Waals surface area contributed by atoms with Gasteiger partial charge in [-0.3, -0.25) is 9.62 Å². The number of nitrogens with zero attached hydrogens (tertiary/aromatic N) is 5. The number of morpholine rings is 1. The van der Waals surface area contributed by atoms with Gasteiger partial charge in [0.1, 0.15) is 0 Å². The molecular weight excluding hydrogens is 489 g/mol. The number of amides is 1. The number of anilines is 2. The van der Waals surface area contributed by atoms with Crippen molar-refractivity contribution in [3.63, 3.8) is 0 Å². The lowest BCUT2D eigenvalue weighted by atomic mass is 10.1. The molecule has 0 unspecified atom stereocenters. The summed E-state index contributed by atoms with van der Waals surface area (Å²) in [4.78, 5) is 18.1. The molecule has 2 aromatic rings. The maximum absolute atomic E-state index is 13.6. The molecule has 2 fully saturated rings. The number of hydrogen-bond donors (Lipinski definition) is 1. The standard InChI is InChI=1S/C21H27F3N6O4S/c1-35(32,33)26-19-4-5-30(25-19)20(31)29-8-6-27(7-9-29)15-16-2-3-17(21(22,23)24)18(14-16)28-10-12-34-13-11-28/h2-5,14H,6-13,15H2,1H3,(H,25,26). The summed E-state index contributed by atoms with van der Waals surface area (Å²) in [5, 5.41) is 3.96. The molecule has 0 bridgehead atoms. The lowest BCUT2D eigenvalue weighted by Crippen LogP contribution is -2.49. The largest absolute Gasteiger partial charge is 0.418 e. The van der Waals surface area contributed by atoms with Gasteiger partial charge in [-0.15, -0.1) is 5.10 Å². The van der Waals surface area contributed by atoms with E-state index in [2.05, 4.69) is 14.7 Å². The van der Waals surface area contributed by atoms with Crippen molar-refractivity contribution in [1.29, 1.82) is 0 Å². The van der Waals surface area contributed by atoms with Crippen molar-refractivity contribution >= 4 is 27.6 Å². The summed E-state index contributed by atoms with van der Waals surface area (Å²) in [6, 6.07) is 5.26. The molecule has 0 aliphatic carbocycles. The summed E-state index contributed by atoms with van der Waals surface area (Å²) < 4.78 is 72.0. The van der Waals surface area contributed by atoms with E-state index < -0.39 is 21.8 Å². The second-order valence-electron chi connectivity index (χ2n) is 8.51. The first-order valence-electron chi connectivity index (χ1n) is 11.1. The van der Waals surface area contributed by atoms with Crippen LogP contribution in [0.1, 0.15) is 11.1 Å². The molecule has 1 aromatic heterocycles. The quantitative estimate of drug-likeness (QED) is 0.648. The van der Waals surface area contributed by atoms with Crippen LogP contribution in [-0.4, -0.2) is 92.8 Å². The predicted octanol–water partition coefficient (Wildman–Crippen LogP) is 1.90. The van der Waals surface area contributed by atoms with E-state index >= 15 is 0 Å². The smallest absolute Gasteiger partial charge is 0.378 e. The van der Waals surface area contributed by atoms with E-state index in [-0.39, 0.29) is 17.5 Å². The molecule has 1 N–H and O–H groups in total. The van der Waals surface area contributed by atoms with Crippen LogP contribution in [0.15, 0.2) is 30.5 Å². The Bertz CT molecular complexity index is 1160. The van der Waals surface area contributed by atoms with Gasteiger partial charge >= 0.3 is 12.2 Å². The SMILES string of the molecule is CS(=O)(=O)Nc1ccn(C(=O)N2CCN(Cc3ccc(C(F)(F)F)c(N4CCOCC4)c3)CC2)n1. The number of alkyl halides is 3. The number of benzene rings is 1. The topological polar surface area (TPSA) is 100 Å². The van der Waals surface area contributed by atoms with Crippen molar-refractivity contribution in [2.45, 2.75) is 12.7 Å². The van der Waals surface area contributed by atoms with Gasteiger partial charge in [0.15, 0.2) is 5.82 Å². The molecule has 4 rings (SSSR count). The minimum Gasteiger partial charge on any atom is -0.378 e. The fourth-order valence-electron chi connectivity index (χ4n) is 4.16. The van der Waals surface area contributed by atoms with Crippen LogP contribution in [0.4, 0.5) is 29.5 Å². The van der Waals surface area contributed by atoms with Crippen LogP contribution in [0.25, 0.3) is 0 Å². The molecule has 0 atom stereocenters. The lowest BCUT2D eigenvalue weighted by molar-refractivity contribution is -0.137. The fourth-order valence-corrected chi connectivity index (χ4v) is 4.65. The van der Waals surface area contributed by atoms with Crippen molar-refractivity contribution in [2.75, 3.05) is 68.4 Å². The van der Waals surface area contributed by atoms with E-state index in [1.54, 1.807) is 15.9 Å². The highest BCUT2D eigenvalue weighted by Gasteiger charge is 2.35. The Hall–Kier alpha value is -2.84. The van der Waals surface area contributed by atoms with Crippen LogP contribution in [-0.2, 0) is 27.5 Å². The highest BCUT2D eigenvalue weighted by Crippen LogP contribution is 2.37. The molecule has 3 heterocycles. The summed E-state index contributed by atoms with van der Waals surface area (Å²) in [6.45, 7) is 3.94. The molecule has 1 amide bonds. The Morgan fingerprint density at radius 1 is 1.09 bits per heavy atom. The molecule has 1 aromatic carbocycles. The maximum atomic E-state index is 13.6. The number of halogens is 3. The summed E-state index contributed by atoms with van der Waals surface area (Å²) in [5.74, 6) is 0.0536. The number of nitrogens with one attached hydrogen (secondary N) is 1. The zero-order chi connectivity index (χ0) is 25.2. The van der Waals surface area contributed by atoms with Gasteiger partial charge in [-0.2, -0.15) is 17.9 Å². The van der Waals surface area contributed by atoms with Crippen molar-refractivity contribution in [2.24, 2.45) is 0 Å². The molecule has 2 aliphatic heterocycles. The number of rotatable bonds is 5. The third kappa shape index (κ3) is 6.44. The van der Waals surface area contributed by atoms with Gasteiger partial charge in [-0.25, -0.2) is 13.2 Å². The first kappa shape index (κ1) is 25.3. The van der Waals surface area contributed by atoms with E-state index in [1.807, 2.05) is 0 Å². The van der Waals surface area contributed by atoms with E-state index in [1.165, 1.54) is 18.3 Å². The normalized spacial score (nSPS) is 18.1. The van der Waals surface area contributed by atoms with Gasteiger partial charge in [-0.1, -0.05) is 6.07 Å². The molecule has 2 aliphatic rings. The van der Waals surface area contributed by atoms with Crippen LogP contribution in [0.2, 0.25) is 0 Å². The molecule has 0 spiro atoms. The number of piperazine rings is 1. The Labute approximate surface area is 201 Å². The monoisotopic (exact) mass is 516 g/mol. The van der Waals surface area contributed by atoms with Crippen molar-refractivity contribution < 1.29 is 31.1 Å². The fraction of sp³-hybridized carbons (Fsp3) is 0.524. The second kappa shape index (κ2) is 10.0. The molecule has 14 heteroatoms. The molecule has 35 heavy (non-hydrogen) atoms. The molecule has 192 valence electrons. The van der Waals surface area contributed by atoms with E-state index in [9.17, 15) is 26.4 Å². The average molecular weight is 517 g/mol. The van der Waals surface area contributed by atoms with Gasteiger partial charge in [0, 0.05) is 63.8 Å². The first-order chi connectivity index (χ1) is 16.5. The Morgan fingerprint density at radius 3 is 2.40 bits per heavy atom. The molecular formula is C21H27F3N6O4S. The van der Waals surface area contributed by atoms with E-state index in [0.717, 1.165) is 22.6 Å². The highest BCUT2D eigenvalue weighted by molar-refractivity contribution is 7.92. The number of carbonyl (C=O) groups excluding carboxylic acids is 1. The minimum atomic E-state index is -4.44. The molecule has 0 radical (unpaired) electrons. The highest BCUT2D eigenvalue weighted by atomic mass is 32.2. The number of sulfonamides is 1. The second-order valence-corrected chi connectivity index (χ2v) is 10.3. The molecule has 0 saturated carbocycles. The summed E-state index contributed by atoms with van der Waals surface area (Å²) >= 11 is 0. The van der Waals surface area contributed by atoms with Gasteiger partial charge in [0.2, 0.25) is 10.0 Å². The Kier molecular flexibility index (Phi) is 7.24. The summed E-state index contributed by atoms with van der Waals surface area (Å²) in [7, 11) is -3.50. The number of aromatic nitrogens is 2. The van der Waals surface area contributed by atoms with Crippen molar-refractivity contribution in [3.8, 4) is 0 Å².